The van der Waals surface area contributed by atoms with Gasteiger partial charge >= 0.3 is 0 Å². The minimum absolute atomic E-state index is 0.631. The van der Waals surface area contributed by atoms with Crippen molar-refractivity contribution in [3.63, 3.8) is 0 Å². The molecule has 2 nitrogen and oxygen atoms in total. The highest BCUT2D eigenvalue weighted by atomic mass is 14.7. The fraction of sp³-hybridized carbons (Fsp3) is 0.357. The van der Waals surface area contributed by atoms with E-state index >= 15 is 0 Å². The van der Waals surface area contributed by atoms with E-state index in [1.54, 1.807) is 0 Å². The minimum atomic E-state index is 0.631. The standard InChI is InChI=1S/C14H16N2/c15-12-9-14(10-5-1-2-6-10)16-13-8-4-3-7-11(12)13/h3-4,7-10H,1-2,5-6H2,(H2,15,16). The van der Waals surface area contributed by atoms with Gasteiger partial charge in [0.1, 0.15) is 0 Å². The second-order valence-electron chi connectivity index (χ2n) is 4.63. The fourth-order valence-electron chi connectivity index (χ4n) is 2.65. The van der Waals surface area contributed by atoms with Gasteiger partial charge in [0.05, 0.1) is 5.52 Å². The molecule has 1 aromatic heterocycles. The summed E-state index contributed by atoms with van der Waals surface area (Å²) in [5.41, 5.74) is 9.17. The van der Waals surface area contributed by atoms with Crippen molar-refractivity contribution in [3.05, 3.63) is 36.0 Å². The van der Waals surface area contributed by atoms with E-state index in [9.17, 15) is 0 Å². The number of pyridine rings is 1. The second kappa shape index (κ2) is 3.78. The van der Waals surface area contributed by atoms with Crippen LogP contribution < -0.4 is 5.73 Å². The molecule has 0 unspecified atom stereocenters. The molecule has 0 bridgehead atoms. The molecule has 1 fully saturated rings. The second-order valence-corrected chi connectivity index (χ2v) is 4.63. The number of rotatable bonds is 1. The van der Waals surface area contributed by atoms with Gasteiger partial charge in [-0.15, -0.1) is 0 Å². The number of hydrogen-bond donors (Lipinski definition) is 1. The normalized spacial score (nSPS) is 17.0. The fourth-order valence-corrected chi connectivity index (χ4v) is 2.65. The number of fused-ring (bicyclic) bond motifs is 1. The molecule has 2 aromatic rings. The first-order valence-corrected chi connectivity index (χ1v) is 6.00. The zero-order valence-electron chi connectivity index (χ0n) is 9.32. The number of anilines is 1. The van der Waals surface area contributed by atoms with Crippen molar-refractivity contribution in [2.45, 2.75) is 31.6 Å². The van der Waals surface area contributed by atoms with E-state index in [-0.39, 0.29) is 0 Å². The summed E-state index contributed by atoms with van der Waals surface area (Å²) < 4.78 is 0. The number of nitrogens with two attached hydrogens (primary N) is 1. The van der Waals surface area contributed by atoms with E-state index in [1.807, 2.05) is 24.3 Å². The Morgan fingerprint density at radius 2 is 1.88 bits per heavy atom. The zero-order valence-corrected chi connectivity index (χ0v) is 9.32. The molecule has 0 amide bonds. The van der Waals surface area contributed by atoms with Crippen molar-refractivity contribution >= 4 is 16.6 Å². The van der Waals surface area contributed by atoms with E-state index in [4.69, 9.17) is 10.7 Å². The lowest BCUT2D eigenvalue weighted by Gasteiger charge is -2.11. The van der Waals surface area contributed by atoms with Crippen LogP contribution in [0.4, 0.5) is 5.69 Å². The zero-order chi connectivity index (χ0) is 11.0. The number of nitrogen functional groups attached to an aromatic ring is 1. The van der Waals surface area contributed by atoms with Gasteiger partial charge in [-0.05, 0) is 25.0 Å². The third-order valence-electron chi connectivity index (χ3n) is 3.54. The van der Waals surface area contributed by atoms with Gasteiger partial charge in [-0.2, -0.15) is 0 Å². The van der Waals surface area contributed by atoms with Crippen LogP contribution in [0.3, 0.4) is 0 Å². The molecule has 1 saturated carbocycles. The first-order valence-electron chi connectivity index (χ1n) is 6.00. The maximum absolute atomic E-state index is 6.08. The van der Waals surface area contributed by atoms with Crippen LogP contribution in [0.15, 0.2) is 30.3 Å². The summed E-state index contributed by atoms with van der Waals surface area (Å²) in [6.45, 7) is 0. The Balaban J connectivity index is 2.13. The Kier molecular flexibility index (Phi) is 2.28. The number of nitrogens with zero attached hydrogens (tertiary/aromatic N) is 1. The Bertz CT molecular complexity index is 513. The topological polar surface area (TPSA) is 38.9 Å². The summed E-state index contributed by atoms with van der Waals surface area (Å²) in [6.07, 6.45) is 5.20. The summed E-state index contributed by atoms with van der Waals surface area (Å²) in [5, 5.41) is 1.07. The first kappa shape index (κ1) is 9.64. The van der Waals surface area contributed by atoms with Crippen LogP contribution in [0.25, 0.3) is 10.9 Å². The third-order valence-corrected chi connectivity index (χ3v) is 3.54. The largest absolute Gasteiger partial charge is 0.398 e. The smallest absolute Gasteiger partial charge is 0.0726 e. The monoisotopic (exact) mass is 212 g/mol. The molecular weight excluding hydrogens is 196 g/mol. The average molecular weight is 212 g/mol. The molecule has 0 atom stereocenters. The van der Waals surface area contributed by atoms with Crippen LogP contribution in [0.2, 0.25) is 0 Å². The van der Waals surface area contributed by atoms with Gasteiger partial charge in [0.25, 0.3) is 0 Å². The molecule has 2 heteroatoms. The molecule has 1 aromatic carbocycles. The lowest BCUT2D eigenvalue weighted by molar-refractivity contribution is 0.701. The van der Waals surface area contributed by atoms with Gasteiger partial charge < -0.3 is 5.73 Å². The Labute approximate surface area is 95.5 Å². The van der Waals surface area contributed by atoms with Crippen LogP contribution >= 0.6 is 0 Å². The van der Waals surface area contributed by atoms with Gasteiger partial charge in [0.15, 0.2) is 0 Å². The molecule has 1 aliphatic carbocycles. The number of aromatic nitrogens is 1. The summed E-state index contributed by atoms with van der Waals surface area (Å²) in [4.78, 5) is 4.74. The van der Waals surface area contributed by atoms with E-state index < -0.39 is 0 Å². The molecule has 0 aliphatic heterocycles. The van der Waals surface area contributed by atoms with E-state index in [0.717, 1.165) is 16.6 Å². The average Bonchev–Trinajstić information content (AvgIpc) is 2.82. The maximum Gasteiger partial charge on any atom is 0.0726 e. The third kappa shape index (κ3) is 1.54. The molecular formula is C14H16N2. The molecule has 82 valence electrons. The van der Waals surface area contributed by atoms with E-state index in [2.05, 4.69) is 6.07 Å². The van der Waals surface area contributed by atoms with Crippen molar-refractivity contribution < 1.29 is 0 Å². The molecule has 1 aliphatic rings. The molecule has 1 heterocycles. The Morgan fingerprint density at radius 3 is 2.69 bits per heavy atom. The molecule has 2 N–H and O–H groups in total. The lowest BCUT2D eigenvalue weighted by Crippen LogP contribution is -1.99. The van der Waals surface area contributed by atoms with Gasteiger partial charge in [-0.1, -0.05) is 31.0 Å². The summed E-state index contributed by atoms with van der Waals surface area (Å²) in [5.74, 6) is 0.631. The summed E-state index contributed by atoms with van der Waals surface area (Å²) >= 11 is 0. The van der Waals surface area contributed by atoms with Crippen LogP contribution in [-0.4, -0.2) is 4.98 Å². The van der Waals surface area contributed by atoms with E-state index in [1.165, 1.54) is 31.4 Å². The van der Waals surface area contributed by atoms with Crippen molar-refractivity contribution in [1.82, 2.24) is 4.98 Å². The van der Waals surface area contributed by atoms with Gasteiger partial charge in [-0.3, -0.25) is 4.98 Å². The minimum Gasteiger partial charge on any atom is -0.398 e. The van der Waals surface area contributed by atoms with Gasteiger partial charge in [-0.25, -0.2) is 0 Å². The highest BCUT2D eigenvalue weighted by molar-refractivity contribution is 5.90. The predicted molar refractivity (Wildman–Crippen MR) is 67.4 cm³/mol. The van der Waals surface area contributed by atoms with Crippen LogP contribution in [0.5, 0.6) is 0 Å². The maximum atomic E-state index is 6.08. The number of hydrogen-bond acceptors (Lipinski definition) is 2. The van der Waals surface area contributed by atoms with Gasteiger partial charge in [0.2, 0.25) is 0 Å². The van der Waals surface area contributed by atoms with Gasteiger partial charge in [0, 0.05) is 22.7 Å². The SMILES string of the molecule is Nc1cc(C2CCCC2)nc2ccccc12. The lowest BCUT2D eigenvalue weighted by atomic mass is 10.0. The van der Waals surface area contributed by atoms with E-state index in [0.29, 0.717) is 5.92 Å². The van der Waals surface area contributed by atoms with Crippen molar-refractivity contribution in [2.24, 2.45) is 0 Å². The predicted octanol–water partition coefficient (Wildman–Crippen LogP) is 3.47. The molecule has 3 rings (SSSR count). The van der Waals surface area contributed by atoms with Crippen molar-refractivity contribution in [3.8, 4) is 0 Å². The first-order chi connectivity index (χ1) is 7.84. The molecule has 16 heavy (non-hydrogen) atoms. The quantitative estimate of drug-likeness (QED) is 0.786. The number of para-hydroxylation sites is 1. The van der Waals surface area contributed by atoms with Crippen molar-refractivity contribution in [1.29, 1.82) is 0 Å². The Morgan fingerprint density at radius 1 is 1.12 bits per heavy atom. The van der Waals surface area contributed by atoms with Crippen LogP contribution in [0.1, 0.15) is 37.3 Å². The Hall–Kier alpha value is -1.57. The molecule has 0 radical (unpaired) electrons. The summed E-state index contributed by atoms with van der Waals surface area (Å²) in [6, 6.07) is 10.2. The summed E-state index contributed by atoms with van der Waals surface area (Å²) in [7, 11) is 0. The van der Waals surface area contributed by atoms with Crippen LogP contribution in [-0.2, 0) is 0 Å². The number of benzene rings is 1. The van der Waals surface area contributed by atoms with Crippen LogP contribution in [0, 0.1) is 0 Å². The highest BCUT2D eigenvalue weighted by Gasteiger charge is 2.19. The highest BCUT2D eigenvalue weighted by Crippen LogP contribution is 2.35. The van der Waals surface area contributed by atoms with Crippen molar-refractivity contribution in [2.75, 3.05) is 5.73 Å². The molecule has 0 spiro atoms. The molecule has 0 saturated heterocycles.